The van der Waals surface area contributed by atoms with Crippen LogP contribution in [0.4, 0.5) is 23.4 Å². The van der Waals surface area contributed by atoms with Crippen LogP contribution >= 0.6 is 15.9 Å². The van der Waals surface area contributed by atoms with Crippen LogP contribution < -0.4 is 5.32 Å². The molecule has 1 amide bonds. The normalized spacial score (nSPS) is 11.6. The van der Waals surface area contributed by atoms with Crippen LogP contribution in [0.3, 0.4) is 0 Å². The molecule has 36 heavy (non-hydrogen) atoms. The molecule has 0 atom stereocenters. The van der Waals surface area contributed by atoms with E-state index in [-0.39, 0.29) is 17.7 Å². The minimum absolute atomic E-state index is 0.227. The average Bonchev–Trinajstić information content (AvgIpc) is 3.21. The molecule has 11 heteroatoms. The average molecular weight is 556 g/mol. The van der Waals surface area contributed by atoms with Gasteiger partial charge in [-0.3, -0.25) is 9.20 Å². The number of anilines is 1. The lowest BCUT2D eigenvalue weighted by Gasteiger charge is -2.15. The molecule has 3 aromatic heterocycles. The monoisotopic (exact) mass is 555 g/mol. The van der Waals surface area contributed by atoms with E-state index in [4.69, 9.17) is 0 Å². The number of benzene rings is 2. The van der Waals surface area contributed by atoms with Crippen molar-refractivity contribution < 1.29 is 22.4 Å². The van der Waals surface area contributed by atoms with Gasteiger partial charge in [-0.05, 0) is 30.3 Å². The number of hydrogen-bond donors (Lipinski definition) is 1. The molecule has 0 radical (unpaired) electrons. The fraction of sp³-hybridized carbons (Fsp3) is 0.0400. The minimum atomic E-state index is -4.89. The van der Waals surface area contributed by atoms with Crippen LogP contribution in [0.2, 0.25) is 0 Å². The molecule has 180 valence electrons. The third-order valence-electron chi connectivity index (χ3n) is 5.33. The predicted octanol–water partition coefficient (Wildman–Crippen LogP) is 6.63. The van der Waals surface area contributed by atoms with Gasteiger partial charge in [-0.1, -0.05) is 46.3 Å². The molecule has 5 aromatic rings. The topological polar surface area (TPSA) is 72.2 Å². The van der Waals surface area contributed by atoms with Crippen LogP contribution in [0.1, 0.15) is 15.9 Å². The van der Waals surface area contributed by atoms with E-state index in [9.17, 15) is 22.4 Å². The second kappa shape index (κ2) is 9.15. The Hall–Kier alpha value is -4.12. The zero-order chi connectivity index (χ0) is 25.4. The number of halogens is 5. The highest BCUT2D eigenvalue weighted by molar-refractivity contribution is 9.10. The summed E-state index contributed by atoms with van der Waals surface area (Å²) in [7, 11) is 0. The quantitative estimate of drug-likeness (QED) is 0.252. The van der Waals surface area contributed by atoms with Gasteiger partial charge in [-0.2, -0.15) is 13.2 Å². The summed E-state index contributed by atoms with van der Waals surface area (Å²) in [6, 6.07) is 15.0. The first-order valence-electron chi connectivity index (χ1n) is 10.4. The van der Waals surface area contributed by atoms with Crippen molar-refractivity contribution in [2.24, 2.45) is 0 Å². The first-order chi connectivity index (χ1) is 17.2. The Kier molecular flexibility index (Phi) is 6.00. The summed E-state index contributed by atoms with van der Waals surface area (Å²) in [5, 5.41) is 2.63. The predicted molar refractivity (Wildman–Crippen MR) is 129 cm³/mol. The molecule has 5 rings (SSSR count). The molecular formula is C25H14BrF4N5O. The number of imidazole rings is 1. The van der Waals surface area contributed by atoms with Gasteiger partial charge in [0.05, 0.1) is 11.1 Å². The Labute approximate surface area is 209 Å². The van der Waals surface area contributed by atoms with Crippen LogP contribution in [-0.4, -0.2) is 25.3 Å². The van der Waals surface area contributed by atoms with Crippen molar-refractivity contribution in [1.29, 1.82) is 0 Å². The maximum atomic E-state index is 14.9. The number of carbonyl (C=O) groups excluding carboxylic acids is 1. The number of pyridine rings is 1. The first kappa shape index (κ1) is 23.6. The van der Waals surface area contributed by atoms with E-state index in [1.807, 2.05) is 6.07 Å². The largest absolute Gasteiger partial charge is 0.417 e. The summed E-state index contributed by atoms with van der Waals surface area (Å²) in [5.41, 5.74) is -0.825. The fourth-order valence-corrected chi connectivity index (χ4v) is 4.04. The van der Waals surface area contributed by atoms with E-state index >= 15 is 0 Å². The summed E-state index contributed by atoms with van der Waals surface area (Å²) in [6.45, 7) is 0. The van der Waals surface area contributed by atoms with Crippen molar-refractivity contribution in [2.75, 3.05) is 5.32 Å². The summed E-state index contributed by atoms with van der Waals surface area (Å²) >= 11 is 3.38. The van der Waals surface area contributed by atoms with Gasteiger partial charge in [0.2, 0.25) is 0 Å². The zero-order valence-electron chi connectivity index (χ0n) is 18.1. The molecule has 0 spiro atoms. The summed E-state index contributed by atoms with van der Waals surface area (Å²) in [5.74, 6) is -2.35. The summed E-state index contributed by atoms with van der Waals surface area (Å²) in [4.78, 5) is 25.5. The number of fused-ring (bicyclic) bond motifs is 1. The van der Waals surface area contributed by atoms with Gasteiger partial charge >= 0.3 is 6.18 Å². The zero-order valence-corrected chi connectivity index (χ0v) is 19.7. The molecule has 1 N–H and O–H groups in total. The van der Waals surface area contributed by atoms with Gasteiger partial charge in [0.1, 0.15) is 23.0 Å². The van der Waals surface area contributed by atoms with E-state index in [0.29, 0.717) is 16.9 Å². The van der Waals surface area contributed by atoms with Crippen molar-refractivity contribution in [2.45, 2.75) is 6.18 Å². The lowest BCUT2D eigenvalue weighted by molar-refractivity contribution is -0.137. The number of aromatic nitrogens is 4. The van der Waals surface area contributed by atoms with Crippen molar-refractivity contribution in [3.63, 3.8) is 0 Å². The first-order valence-corrected chi connectivity index (χ1v) is 11.2. The molecule has 2 aromatic carbocycles. The second-order valence-corrected chi connectivity index (χ2v) is 8.57. The van der Waals surface area contributed by atoms with Crippen molar-refractivity contribution in [1.82, 2.24) is 19.4 Å². The lowest BCUT2D eigenvalue weighted by Crippen LogP contribution is -2.18. The van der Waals surface area contributed by atoms with Crippen LogP contribution in [0.25, 0.3) is 28.3 Å². The van der Waals surface area contributed by atoms with Crippen LogP contribution in [0, 0.1) is 5.82 Å². The number of nitrogens with zero attached hydrogens (tertiary/aromatic N) is 4. The van der Waals surface area contributed by atoms with Gasteiger partial charge in [0, 0.05) is 34.2 Å². The molecule has 6 nitrogen and oxygen atoms in total. The molecule has 0 aliphatic rings. The Morgan fingerprint density at radius 3 is 2.39 bits per heavy atom. The van der Waals surface area contributed by atoms with Gasteiger partial charge < -0.3 is 5.32 Å². The molecule has 3 heterocycles. The van der Waals surface area contributed by atoms with E-state index in [1.54, 1.807) is 47.0 Å². The Morgan fingerprint density at radius 1 is 0.972 bits per heavy atom. The number of carbonyl (C=O) groups is 1. The van der Waals surface area contributed by atoms with Crippen LogP contribution in [-0.2, 0) is 6.18 Å². The molecule has 0 saturated heterocycles. The molecule has 0 fully saturated rings. The smallest absolute Gasteiger partial charge is 0.306 e. The number of hydrogen-bond acceptors (Lipinski definition) is 4. The molecule has 0 aliphatic carbocycles. The lowest BCUT2D eigenvalue weighted by atomic mass is 10.0. The number of rotatable bonds is 4. The van der Waals surface area contributed by atoms with E-state index in [2.05, 4.69) is 36.2 Å². The Morgan fingerprint density at radius 2 is 1.69 bits per heavy atom. The highest BCUT2D eigenvalue weighted by Crippen LogP contribution is 2.38. The maximum absolute atomic E-state index is 14.9. The third kappa shape index (κ3) is 4.44. The molecule has 0 bridgehead atoms. The van der Waals surface area contributed by atoms with Gasteiger partial charge in [-0.25, -0.2) is 19.3 Å². The van der Waals surface area contributed by atoms with Crippen molar-refractivity contribution >= 4 is 33.3 Å². The van der Waals surface area contributed by atoms with Crippen LogP contribution in [0.5, 0.6) is 0 Å². The van der Waals surface area contributed by atoms with Crippen LogP contribution in [0.15, 0.2) is 83.7 Å². The van der Waals surface area contributed by atoms with E-state index < -0.39 is 34.6 Å². The second-order valence-electron chi connectivity index (χ2n) is 7.65. The number of alkyl halides is 3. The molecular weight excluding hydrogens is 542 g/mol. The Bertz CT molecular complexity index is 1590. The maximum Gasteiger partial charge on any atom is 0.417 e. The third-order valence-corrected chi connectivity index (χ3v) is 5.82. The highest BCUT2D eigenvalue weighted by Gasteiger charge is 2.36. The number of nitrogens with one attached hydrogen (secondary N) is 1. The fourth-order valence-electron chi connectivity index (χ4n) is 3.72. The van der Waals surface area contributed by atoms with Gasteiger partial charge in [0.25, 0.3) is 5.91 Å². The summed E-state index contributed by atoms with van der Waals surface area (Å²) in [6.07, 6.45) is -0.719. The summed E-state index contributed by atoms with van der Waals surface area (Å²) < 4.78 is 58.2. The SMILES string of the molecule is O=C(Nc1c(-c2ccccc2)nc2cc(Br)ccn12)c1cc(-c2ncccn2)c(C(F)(F)F)cc1F. The van der Waals surface area contributed by atoms with Gasteiger partial charge in [0.15, 0.2) is 5.82 Å². The van der Waals surface area contributed by atoms with E-state index in [0.717, 1.165) is 10.5 Å². The van der Waals surface area contributed by atoms with Gasteiger partial charge in [-0.15, -0.1) is 0 Å². The molecule has 0 unspecified atom stereocenters. The Balaban J connectivity index is 1.63. The highest BCUT2D eigenvalue weighted by atomic mass is 79.9. The number of amides is 1. The molecule has 0 saturated carbocycles. The van der Waals surface area contributed by atoms with Crippen molar-refractivity contribution in [3.05, 3.63) is 101 Å². The van der Waals surface area contributed by atoms with Crippen molar-refractivity contribution in [3.8, 4) is 22.6 Å². The van der Waals surface area contributed by atoms with E-state index in [1.165, 1.54) is 18.5 Å². The standard InChI is InChI=1S/C25H14BrF4N5O/c26-15-7-10-35-20(11-15)33-21(14-5-2-1-3-6-14)23(35)34-24(36)17-12-16(22-31-8-4-9-32-22)18(13-19(17)27)25(28,29)30/h1-13H,(H,34,36). The minimum Gasteiger partial charge on any atom is -0.306 e. The molecule has 0 aliphatic heterocycles.